The van der Waals surface area contributed by atoms with Crippen LogP contribution in [0, 0.1) is 35.2 Å². The van der Waals surface area contributed by atoms with Gasteiger partial charge in [0.2, 0.25) is 0 Å². The Morgan fingerprint density at radius 2 is 1.70 bits per heavy atom. The van der Waals surface area contributed by atoms with Crippen molar-refractivity contribution in [2.24, 2.45) is 17.8 Å². The van der Waals surface area contributed by atoms with Crippen LogP contribution in [-0.4, -0.2) is 0 Å². The highest BCUT2D eigenvalue weighted by Crippen LogP contribution is 2.49. The van der Waals surface area contributed by atoms with Crippen molar-refractivity contribution in [2.45, 2.75) is 77.6 Å². The number of rotatable bonds is 5. The number of hydrogen-bond acceptors (Lipinski definition) is 0. The van der Waals surface area contributed by atoms with Gasteiger partial charge in [-0.2, -0.15) is 0 Å². The van der Waals surface area contributed by atoms with Crippen LogP contribution in [0.3, 0.4) is 0 Å². The molecule has 0 spiro atoms. The molecule has 4 atom stereocenters. The maximum Gasteiger partial charge on any atom is 0.140 e. The summed E-state index contributed by atoms with van der Waals surface area (Å²) in [6, 6.07) is 4.51. The lowest BCUT2D eigenvalue weighted by Gasteiger charge is -2.42. The first kappa shape index (κ1) is 21.5. The first-order valence-electron chi connectivity index (χ1n) is 11.7. The van der Waals surface area contributed by atoms with Gasteiger partial charge in [0, 0.05) is 5.56 Å². The SMILES string of the molecule is C/C=C/CCc1cc(F)c2c(F)c(C3CCC4CC(CC)CCC4C3)c(F)cc2c1. The zero-order valence-corrected chi connectivity index (χ0v) is 18.2. The lowest BCUT2D eigenvalue weighted by molar-refractivity contribution is 0.115. The highest BCUT2D eigenvalue weighted by atomic mass is 19.1. The standard InChI is InChI=1S/C27H33F3/c1-3-5-6-7-18-13-22-16-24(29)25(27(30)26(22)23(28)14-18)21-11-10-19-12-17(4-2)8-9-20(19)15-21/h3,5,13-14,16-17,19-21H,4,6-12,15H2,1-2H3/b5-3+. The summed E-state index contributed by atoms with van der Waals surface area (Å²) in [4.78, 5) is 0. The minimum absolute atomic E-state index is 0.0435. The number of benzene rings is 2. The quantitative estimate of drug-likeness (QED) is 0.430. The molecule has 0 bridgehead atoms. The summed E-state index contributed by atoms with van der Waals surface area (Å²) in [6.07, 6.45) is 13.0. The Balaban J connectivity index is 1.62. The Labute approximate surface area is 178 Å². The molecule has 0 nitrogen and oxygen atoms in total. The molecule has 30 heavy (non-hydrogen) atoms. The van der Waals surface area contributed by atoms with Crippen LogP contribution < -0.4 is 0 Å². The van der Waals surface area contributed by atoms with E-state index in [2.05, 4.69) is 6.92 Å². The van der Waals surface area contributed by atoms with Gasteiger partial charge in [-0.05, 0) is 98.6 Å². The molecule has 4 rings (SSSR count). The zero-order valence-electron chi connectivity index (χ0n) is 18.2. The van der Waals surface area contributed by atoms with Crippen molar-refractivity contribution in [3.63, 3.8) is 0 Å². The molecule has 0 aromatic heterocycles. The van der Waals surface area contributed by atoms with Crippen molar-refractivity contribution >= 4 is 10.8 Å². The Bertz CT molecular complexity index is 930. The Morgan fingerprint density at radius 1 is 0.933 bits per heavy atom. The molecule has 2 aromatic carbocycles. The van der Waals surface area contributed by atoms with E-state index in [0.717, 1.165) is 37.2 Å². The fraction of sp³-hybridized carbons (Fsp3) is 0.556. The van der Waals surface area contributed by atoms with Gasteiger partial charge in [-0.15, -0.1) is 0 Å². The normalized spacial score (nSPS) is 27.0. The number of aryl methyl sites for hydroxylation is 1. The van der Waals surface area contributed by atoms with E-state index in [9.17, 15) is 4.39 Å². The largest absolute Gasteiger partial charge is 0.207 e. The highest BCUT2D eigenvalue weighted by Gasteiger charge is 2.37. The van der Waals surface area contributed by atoms with Gasteiger partial charge in [0.1, 0.15) is 17.5 Å². The third-order valence-corrected chi connectivity index (χ3v) is 7.72. The van der Waals surface area contributed by atoms with Gasteiger partial charge >= 0.3 is 0 Å². The van der Waals surface area contributed by atoms with E-state index in [0.29, 0.717) is 23.6 Å². The second kappa shape index (κ2) is 9.16. The fourth-order valence-corrected chi connectivity index (χ4v) is 6.04. The Hall–Kier alpha value is -1.77. The minimum Gasteiger partial charge on any atom is -0.207 e. The first-order chi connectivity index (χ1) is 14.5. The maximum absolute atomic E-state index is 15.5. The van der Waals surface area contributed by atoms with Crippen LogP contribution in [0.5, 0.6) is 0 Å². The van der Waals surface area contributed by atoms with E-state index in [1.165, 1.54) is 37.8 Å². The van der Waals surface area contributed by atoms with E-state index in [4.69, 9.17) is 0 Å². The van der Waals surface area contributed by atoms with E-state index in [-0.39, 0.29) is 16.9 Å². The van der Waals surface area contributed by atoms with Crippen molar-refractivity contribution in [2.75, 3.05) is 0 Å². The van der Waals surface area contributed by atoms with Gasteiger partial charge in [-0.3, -0.25) is 0 Å². The summed E-state index contributed by atoms with van der Waals surface area (Å²) in [5, 5.41) is 0.291. The molecule has 3 heteroatoms. The topological polar surface area (TPSA) is 0 Å². The molecule has 2 aromatic rings. The van der Waals surface area contributed by atoms with Crippen LogP contribution in [0.4, 0.5) is 13.2 Å². The summed E-state index contributed by atoms with van der Waals surface area (Å²) < 4.78 is 45.4. The second-order valence-electron chi connectivity index (χ2n) is 9.49. The van der Waals surface area contributed by atoms with Gasteiger partial charge in [0.05, 0.1) is 5.39 Å². The van der Waals surface area contributed by atoms with Gasteiger partial charge in [0.15, 0.2) is 0 Å². The minimum atomic E-state index is -0.673. The van der Waals surface area contributed by atoms with Crippen molar-refractivity contribution in [3.8, 4) is 0 Å². The van der Waals surface area contributed by atoms with Crippen LogP contribution >= 0.6 is 0 Å². The van der Waals surface area contributed by atoms with E-state index in [1.54, 1.807) is 6.07 Å². The Morgan fingerprint density at radius 3 is 2.47 bits per heavy atom. The predicted octanol–water partition coefficient (Wildman–Crippen LogP) is 8.48. The van der Waals surface area contributed by atoms with E-state index >= 15 is 8.78 Å². The molecule has 4 unspecified atom stereocenters. The van der Waals surface area contributed by atoms with Crippen LogP contribution in [-0.2, 0) is 6.42 Å². The molecule has 2 aliphatic carbocycles. The lowest BCUT2D eigenvalue weighted by Crippen LogP contribution is -2.30. The molecule has 0 N–H and O–H groups in total. The van der Waals surface area contributed by atoms with Crippen molar-refractivity contribution in [3.05, 3.63) is 58.9 Å². The molecule has 0 amide bonds. The van der Waals surface area contributed by atoms with E-state index in [1.807, 2.05) is 19.1 Å². The summed E-state index contributed by atoms with van der Waals surface area (Å²) in [7, 11) is 0. The maximum atomic E-state index is 15.5. The van der Waals surface area contributed by atoms with Crippen molar-refractivity contribution in [1.82, 2.24) is 0 Å². The Kier molecular flexibility index (Phi) is 6.55. The molecular formula is C27H33F3. The number of allylic oxidation sites excluding steroid dienone is 2. The average molecular weight is 415 g/mol. The summed E-state index contributed by atoms with van der Waals surface area (Å²) in [5.74, 6) is 0.182. The molecule has 0 radical (unpaired) electrons. The number of halogens is 3. The summed E-state index contributed by atoms with van der Waals surface area (Å²) >= 11 is 0. The number of hydrogen-bond donors (Lipinski definition) is 0. The second-order valence-corrected chi connectivity index (χ2v) is 9.49. The van der Waals surface area contributed by atoms with Gasteiger partial charge < -0.3 is 0 Å². The third kappa shape index (κ3) is 4.18. The first-order valence-corrected chi connectivity index (χ1v) is 11.7. The van der Waals surface area contributed by atoms with Gasteiger partial charge in [0.25, 0.3) is 0 Å². The van der Waals surface area contributed by atoms with Gasteiger partial charge in [-0.25, -0.2) is 13.2 Å². The van der Waals surface area contributed by atoms with Crippen molar-refractivity contribution in [1.29, 1.82) is 0 Å². The third-order valence-electron chi connectivity index (χ3n) is 7.72. The predicted molar refractivity (Wildman–Crippen MR) is 118 cm³/mol. The average Bonchev–Trinajstić information content (AvgIpc) is 2.73. The molecule has 0 heterocycles. The smallest absolute Gasteiger partial charge is 0.140 e. The van der Waals surface area contributed by atoms with Crippen LogP contribution in [0.15, 0.2) is 30.4 Å². The summed E-state index contributed by atoms with van der Waals surface area (Å²) in [6.45, 7) is 4.20. The highest BCUT2D eigenvalue weighted by molar-refractivity contribution is 5.85. The lowest BCUT2D eigenvalue weighted by atomic mass is 9.63. The molecular weight excluding hydrogens is 381 g/mol. The van der Waals surface area contributed by atoms with Crippen LogP contribution in [0.1, 0.15) is 82.3 Å². The number of fused-ring (bicyclic) bond motifs is 2. The molecule has 2 saturated carbocycles. The molecule has 0 aliphatic heterocycles. The molecule has 2 fully saturated rings. The van der Waals surface area contributed by atoms with E-state index < -0.39 is 17.5 Å². The monoisotopic (exact) mass is 414 g/mol. The van der Waals surface area contributed by atoms with Crippen LogP contribution in [0.2, 0.25) is 0 Å². The zero-order chi connectivity index (χ0) is 21.3. The summed E-state index contributed by atoms with van der Waals surface area (Å²) in [5.41, 5.74) is 0.900. The van der Waals surface area contributed by atoms with Gasteiger partial charge in [-0.1, -0.05) is 38.0 Å². The molecule has 2 aliphatic rings. The molecule has 0 saturated heterocycles. The van der Waals surface area contributed by atoms with Crippen LogP contribution in [0.25, 0.3) is 10.8 Å². The van der Waals surface area contributed by atoms with Crippen molar-refractivity contribution < 1.29 is 13.2 Å². The fourth-order valence-electron chi connectivity index (χ4n) is 6.04. The molecule has 162 valence electrons.